The molecular weight excluding hydrogens is 95.9 g/mol. The van der Waals surface area contributed by atoms with Crippen LogP contribution in [0.4, 0.5) is 0 Å². The third-order valence-electron chi connectivity index (χ3n) is 0. The van der Waals surface area contributed by atoms with Crippen LogP contribution in [0.25, 0.3) is 0 Å². The van der Waals surface area contributed by atoms with Crippen LogP contribution in [0.2, 0.25) is 0 Å². The van der Waals surface area contributed by atoms with Crippen LogP contribution >= 0.6 is 0 Å². The third kappa shape index (κ3) is 9.00. The van der Waals surface area contributed by atoms with Gasteiger partial charge in [0.15, 0.2) is 0 Å². The minimum Gasteiger partial charge on any atom is 0 e. The van der Waals surface area contributed by atoms with Crippen molar-refractivity contribution in [2.45, 2.75) is 0 Å². The first kappa shape index (κ1) is 26.6. The van der Waals surface area contributed by atoms with Gasteiger partial charge in [-0.1, -0.05) is 0 Å². The van der Waals surface area contributed by atoms with Gasteiger partial charge >= 0.3 is 0 Å². The van der Waals surface area contributed by atoms with Crippen LogP contribution in [-0.2, 0) is 0 Å². The van der Waals surface area contributed by atoms with Crippen molar-refractivity contribution in [3.8, 4) is 0 Å². The van der Waals surface area contributed by atoms with Crippen LogP contribution in [0.3, 0.4) is 0 Å². The van der Waals surface area contributed by atoms with E-state index in [0.717, 1.165) is 0 Å². The molecule has 0 rings (SSSR count). The van der Waals surface area contributed by atoms with Gasteiger partial charge in [-0.05, 0) is 0 Å². The Hall–Kier alpha value is 3.30. The van der Waals surface area contributed by atoms with E-state index in [0.29, 0.717) is 0 Å². The minimum absolute atomic E-state index is 0. The molecule has 0 aromatic carbocycles. The Bertz CT molecular complexity index is 3.25. The van der Waals surface area contributed by atoms with E-state index in [9.17, 15) is 0 Å². The molecule has 7 radical (unpaired) electrons. The summed E-state index contributed by atoms with van der Waals surface area (Å²) in [6.07, 6.45) is 0. The maximum atomic E-state index is 0. The van der Waals surface area contributed by atoms with Gasteiger partial charge in [0.2, 0.25) is 0 Å². The first-order valence-corrected chi connectivity index (χ1v) is 0. The molecule has 4 heavy (non-hydrogen) atoms. The standard InChI is InChI=1S/3Mg.Na. The second kappa shape index (κ2) is 16.3. The summed E-state index contributed by atoms with van der Waals surface area (Å²) in [5.74, 6) is 0. The zero-order chi connectivity index (χ0) is 0. The minimum atomic E-state index is 0. The molecule has 0 bridgehead atoms. The Labute approximate surface area is 96.6 Å². The quantitative estimate of drug-likeness (QED) is 0.321. The van der Waals surface area contributed by atoms with Crippen LogP contribution in [0.1, 0.15) is 0 Å². The Balaban J connectivity index is 0. The molecule has 0 atom stereocenters. The smallest absolute Gasteiger partial charge is 0 e. The van der Waals surface area contributed by atoms with Gasteiger partial charge in [0.25, 0.3) is 0 Å². The fraction of sp³-hybridized carbons (Fsp3) is 0. The summed E-state index contributed by atoms with van der Waals surface area (Å²) in [6, 6.07) is 0. The zero-order valence-electron chi connectivity index (χ0n) is 3.12. The number of hydrogen-bond donors (Lipinski definition) is 0. The number of rotatable bonds is 0. The molecule has 0 aromatic heterocycles. The van der Waals surface area contributed by atoms with Crippen molar-refractivity contribution in [3.63, 3.8) is 0 Å². The van der Waals surface area contributed by atoms with Gasteiger partial charge < -0.3 is 0 Å². The summed E-state index contributed by atoms with van der Waals surface area (Å²) in [7, 11) is 0. The van der Waals surface area contributed by atoms with Crippen LogP contribution in [0.15, 0.2) is 0 Å². The fourth-order valence-electron chi connectivity index (χ4n) is 0. The largest absolute Gasteiger partial charge is 0 e. The van der Waals surface area contributed by atoms with E-state index in [1.807, 2.05) is 0 Å². The number of hydrogen-bond acceptors (Lipinski definition) is 0. The summed E-state index contributed by atoms with van der Waals surface area (Å²) in [5, 5.41) is 0. The normalized spacial score (nSPS) is 0. The zero-order valence-corrected chi connectivity index (χ0v) is 9.36. The monoisotopic (exact) mass is 94.9 g/mol. The van der Waals surface area contributed by atoms with E-state index in [-0.39, 0.29) is 98.7 Å². The Morgan fingerprint density at radius 3 is 0.500 bits per heavy atom. The molecule has 0 aliphatic heterocycles. The van der Waals surface area contributed by atoms with Crippen molar-refractivity contribution in [2.24, 2.45) is 0 Å². The van der Waals surface area contributed by atoms with Gasteiger partial charge in [-0.2, -0.15) is 0 Å². The van der Waals surface area contributed by atoms with Crippen molar-refractivity contribution in [1.29, 1.82) is 0 Å². The van der Waals surface area contributed by atoms with E-state index in [4.69, 9.17) is 0 Å². The van der Waals surface area contributed by atoms with Crippen molar-refractivity contribution < 1.29 is 0 Å². The molecule has 7 valence electrons. The van der Waals surface area contributed by atoms with Gasteiger partial charge in [0.1, 0.15) is 0 Å². The van der Waals surface area contributed by atoms with Crippen molar-refractivity contribution in [1.82, 2.24) is 0 Å². The molecular formula is Mg3Na. The topological polar surface area (TPSA) is 0 Å². The molecule has 4 heteroatoms. The maximum absolute atomic E-state index is 0. The summed E-state index contributed by atoms with van der Waals surface area (Å²) in [6.45, 7) is 0. The van der Waals surface area contributed by atoms with Crippen LogP contribution < -0.4 is 0 Å². The average Bonchev–Trinajstić information content (AvgIpc) is 0. The van der Waals surface area contributed by atoms with Gasteiger partial charge in [0, 0.05) is 98.7 Å². The Kier molecular flexibility index (Phi) is 108. The van der Waals surface area contributed by atoms with Gasteiger partial charge in [-0.15, -0.1) is 0 Å². The Morgan fingerprint density at radius 2 is 0.500 bits per heavy atom. The predicted molar refractivity (Wildman–Crippen MR) is 23.0 cm³/mol. The molecule has 0 aliphatic carbocycles. The summed E-state index contributed by atoms with van der Waals surface area (Å²) in [4.78, 5) is 0. The SMILES string of the molecule is [Mg].[Mg].[Mg].[Na]. The van der Waals surface area contributed by atoms with Gasteiger partial charge in [0.05, 0.1) is 0 Å². The summed E-state index contributed by atoms with van der Waals surface area (Å²) in [5.41, 5.74) is 0. The summed E-state index contributed by atoms with van der Waals surface area (Å²) >= 11 is 0. The molecule has 0 amide bonds. The van der Waals surface area contributed by atoms with Crippen molar-refractivity contribution in [3.05, 3.63) is 0 Å². The molecule has 0 nitrogen and oxygen atoms in total. The van der Waals surface area contributed by atoms with E-state index in [1.165, 1.54) is 0 Å². The molecule has 0 saturated heterocycles. The molecule has 0 aromatic rings. The molecule has 0 spiro atoms. The average molecular weight is 95.9 g/mol. The Morgan fingerprint density at radius 1 is 0.500 bits per heavy atom. The van der Waals surface area contributed by atoms with Gasteiger partial charge in [-0.25, -0.2) is 0 Å². The van der Waals surface area contributed by atoms with E-state index in [2.05, 4.69) is 0 Å². The first-order valence-electron chi connectivity index (χ1n) is 0. The molecule has 0 saturated carbocycles. The molecule has 0 fully saturated rings. The molecule has 0 N–H and O–H groups in total. The van der Waals surface area contributed by atoms with Crippen LogP contribution in [-0.4, -0.2) is 98.7 Å². The van der Waals surface area contributed by atoms with Crippen LogP contribution in [0, 0.1) is 0 Å². The van der Waals surface area contributed by atoms with E-state index in [1.54, 1.807) is 0 Å². The maximum Gasteiger partial charge on any atom is 0 e. The van der Waals surface area contributed by atoms with Gasteiger partial charge in [-0.3, -0.25) is 0 Å². The second-order valence-electron chi connectivity index (χ2n) is 0. The predicted octanol–water partition coefficient (Wildman–Crippen LogP) is -1.52. The van der Waals surface area contributed by atoms with Crippen molar-refractivity contribution >= 4 is 98.7 Å². The van der Waals surface area contributed by atoms with Crippen molar-refractivity contribution in [2.75, 3.05) is 0 Å². The first-order chi connectivity index (χ1) is 0. The van der Waals surface area contributed by atoms with E-state index >= 15 is 0 Å². The molecule has 0 aliphatic rings. The third-order valence-corrected chi connectivity index (χ3v) is 0. The fourth-order valence-corrected chi connectivity index (χ4v) is 0. The molecule has 0 heterocycles. The second-order valence-corrected chi connectivity index (χ2v) is 0. The van der Waals surface area contributed by atoms with E-state index < -0.39 is 0 Å². The molecule has 0 unspecified atom stereocenters. The summed E-state index contributed by atoms with van der Waals surface area (Å²) < 4.78 is 0. The van der Waals surface area contributed by atoms with Crippen LogP contribution in [0.5, 0.6) is 0 Å².